The molecule has 0 aliphatic carbocycles. The van der Waals surface area contributed by atoms with Gasteiger partial charge in [0.15, 0.2) is 0 Å². The van der Waals surface area contributed by atoms with Crippen LogP contribution in [-0.4, -0.2) is 37.1 Å². The van der Waals surface area contributed by atoms with Crippen molar-refractivity contribution in [2.75, 3.05) is 26.2 Å². The molecule has 0 bridgehead atoms. The predicted molar refractivity (Wildman–Crippen MR) is 73.8 cm³/mol. The van der Waals surface area contributed by atoms with E-state index in [9.17, 15) is 0 Å². The van der Waals surface area contributed by atoms with Gasteiger partial charge in [-0.3, -0.25) is 4.90 Å². The van der Waals surface area contributed by atoms with E-state index in [1.807, 2.05) is 6.07 Å². The van der Waals surface area contributed by atoms with Gasteiger partial charge in [-0.1, -0.05) is 23.7 Å². The number of benzene rings is 1. The minimum atomic E-state index is 0.609. The summed E-state index contributed by atoms with van der Waals surface area (Å²) in [6.45, 7) is 8.94. The summed E-state index contributed by atoms with van der Waals surface area (Å²) in [6, 6.07) is 6.98. The molecule has 1 heterocycles. The second-order valence-corrected chi connectivity index (χ2v) is 5.33. The molecule has 2 nitrogen and oxygen atoms in total. The third kappa shape index (κ3) is 3.44. The highest BCUT2D eigenvalue weighted by molar-refractivity contribution is 6.31. The van der Waals surface area contributed by atoms with E-state index < -0.39 is 0 Å². The highest BCUT2D eigenvalue weighted by Crippen LogP contribution is 2.18. The molecule has 0 aromatic heterocycles. The molecule has 1 aromatic rings. The lowest BCUT2D eigenvalue weighted by Crippen LogP contribution is -2.48. The lowest BCUT2D eigenvalue weighted by Gasteiger charge is -2.33. The first-order chi connectivity index (χ1) is 8.16. The summed E-state index contributed by atoms with van der Waals surface area (Å²) in [5, 5.41) is 4.26. The summed E-state index contributed by atoms with van der Waals surface area (Å²) < 4.78 is 0. The SMILES string of the molecule is Cc1cc(CC(C)N2CCNCC2)ccc1Cl. The molecule has 17 heavy (non-hydrogen) atoms. The smallest absolute Gasteiger partial charge is 0.0435 e. The summed E-state index contributed by atoms with van der Waals surface area (Å²) in [7, 11) is 0. The largest absolute Gasteiger partial charge is 0.314 e. The lowest BCUT2D eigenvalue weighted by atomic mass is 10.0. The fourth-order valence-electron chi connectivity index (χ4n) is 2.43. The molecule has 1 atom stereocenters. The zero-order chi connectivity index (χ0) is 12.3. The average Bonchev–Trinajstić information content (AvgIpc) is 2.35. The monoisotopic (exact) mass is 252 g/mol. The highest BCUT2D eigenvalue weighted by atomic mass is 35.5. The molecule has 1 aliphatic rings. The molecule has 0 radical (unpaired) electrons. The van der Waals surface area contributed by atoms with E-state index >= 15 is 0 Å². The Bertz CT molecular complexity index is 372. The maximum atomic E-state index is 6.05. The van der Waals surface area contributed by atoms with Crippen molar-refractivity contribution >= 4 is 11.6 Å². The van der Waals surface area contributed by atoms with Crippen molar-refractivity contribution in [3.05, 3.63) is 34.3 Å². The van der Waals surface area contributed by atoms with Crippen LogP contribution in [0.2, 0.25) is 5.02 Å². The van der Waals surface area contributed by atoms with E-state index in [2.05, 4.69) is 36.2 Å². The maximum absolute atomic E-state index is 6.05. The van der Waals surface area contributed by atoms with E-state index in [0.29, 0.717) is 6.04 Å². The van der Waals surface area contributed by atoms with Crippen LogP contribution in [0.25, 0.3) is 0 Å². The highest BCUT2D eigenvalue weighted by Gasteiger charge is 2.16. The minimum Gasteiger partial charge on any atom is -0.314 e. The third-order valence-electron chi connectivity index (χ3n) is 3.53. The van der Waals surface area contributed by atoms with E-state index in [4.69, 9.17) is 11.6 Å². The summed E-state index contributed by atoms with van der Waals surface area (Å²) in [5.74, 6) is 0. The van der Waals surface area contributed by atoms with Gasteiger partial charge in [0.1, 0.15) is 0 Å². The Morgan fingerprint density at radius 1 is 1.35 bits per heavy atom. The summed E-state index contributed by atoms with van der Waals surface area (Å²) in [6.07, 6.45) is 1.11. The Balaban J connectivity index is 1.96. The number of rotatable bonds is 3. The lowest BCUT2D eigenvalue weighted by molar-refractivity contribution is 0.183. The van der Waals surface area contributed by atoms with E-state index in [0.717, 1.165) is 37.6 Å². The first-order valence-electron chi connectivity index (χ1n) is 6.36. The number of hydrogen-bond donors (Lipinski definition) is 1. The fraction of sp³-hybridized carbons (Fsp3) is 0.571. The number of halogens is 1. The Labute approximate surface area is 109 Å². The normalized spacial score (nSPS) is 19.2. The first-order valence-corrected chi connectivity index (χ1v) is 6.74. The summed E-state index contributed by atoms with van der Waals surface area (Å²) in [4.78, 5) is 2.56. The molecule has 1 saturated heterocycles. The zero-order valence-electron chi connectivity index (χ0n) is 10.7. The van der Waals surface area contributed by atoms with Crippen molar-refractivity contribution in [3.8, 4) is 0 Å². The molecule has 1 fully saturated rings. The molecule has 0 spiro atoms. The van der Waals surface area contributed by atoms with Crippen molar-refractivity contribution in [2.45, 2.75) is 26.3 Å². The van der Waals surface area contributed by atoms with Gasteiger partial charge in [0, 0.05) is 37.2 Å². The van der Waals surface area contributed by atoms with Gasteiger partial charge in [0.05, 0.1) is 0 Å². The Kier molecular flexibility index (Phi) is 4.43. The number of aryl methyl sites for hydroxylation is 1. The van der Waals surface area contributed by atoms with Crippen molar-refractivity contribution in [1.29, 1.82) is 0 Å². The van der Waals surface area contributed by atoms with Crippen molar-refractivity contribution in [3.63, 3.8) is 0 Å². The quantitative estimate of drug-likeness (QED) is 0.889. The second-order valence-electron chi connectivity index (χ2n) is 4.92. The van der Waals surface area contributed by atoms with Gasteiger partial charge in [-0.05, 0) is 37.5 Å². The molecular formula is C14H21ClN2. The number of hydrogen-bond acceptors (Lipinski definition) is 2. The molecule has 1 unspecified atom stereocenters. The third-order valence-corrected chi connectivity index (χ3v) is 3.95. The Morgan fingerprint density at radius 3 is 2.71 bits per heavy atom. The van der Waals surface area contributed by atoms with E-state index in [1.165, 1.54) is 11.1 Å². The summed E-state index contributed by atoms with van der Waals surface area (Å²) in [5.41, 5.74) is 2.56. The van der Waals surface area contributed by atoms with Crippen molar-refractivity contribution in [2.24, 2.45) is 0 Å². The molecule has 3 heteroatoms. The van der Waals surface area contributed by atoms with Crippen molar-refractivity contribution in [1.82, 2.24) is 10.2 Å². The van der Waals surface area contributed by atoms with Gasteiger partial charge in [-0.25, -0.2) is 0 Å². The van der Waals surface area contributed by atoms with E-state index in [-0.39, 0.29) is 0 Å². The Hall–Kier alpha value is -0.570. The van der Waals surface area contributed by atoms with Gasteiger partial charge in [0.2, 0.25) is 0 Å². The molecule has 0 saturated carbocycles. The minimum absolute atomic E-state index is 0.609. The standard InChI is InChI=1S/C14H21ClN2/c1-11-9-13(3-4-14(11)15)10-12(2)17-7-5-16-6-8-17/h3-4,9,12,16H,5-8,10H2,1-2H3. The first kappa shape index (κ1) is 12.9. The van der Waals surface area contributed by atoms with Gasteiger partial charge in [-0.2, -0.15) is 0 Å². The number of nitrogens with one attached hydrogen (secondary N) is 1. The fourth-order valence-corrected chi connectivity index (χ4v) is 2.54. The number of piperazine rings is 1. The topological polar surface area (TPSA) is 15.3 Å². The molecular weight excluding hydrogens is 232 g/mol. The van der Waals surface area contributed by atoms with Gasteiger partial charge >= 0.3 is 0 Å². The van der Waals surface area contributed by atoms with Gasteiger partial charge in [0.25, 0.3) is 0 Å². The summed E-state index contributed by atoms with van der Waals surface area (Å²) >= 11 is 6.05. The second kappa shape index (κ2) is 5.85. The van der Waals surface area contributed by atoms with Crippen LogP contribution in [0.3, 0.4) is 0 Å². The van der Waals surface area contributed by atoms with Crippen molar-refractivity contribution < 1.29 is 0 Å². The molecule has 2 rings (SSSR count). The van der Waals surface area contributed by atoms with Crippen LogP contribution in [0, 0.1) is 6.92 Å². The number of nitrogens with zero attached hydrogens (tertiary/aromatic N) is 1. The average molecular weight is 253 g/mol. The Morgan fingerprint density at radius 2 is 2.06 bits per heavy atom. The molecule has 94 valence electrons. The van der Waals surface area contributed by atoms with Crippen LogP contribution in [0.15, 0.2) is 18.2 Å². The molecule has 1 aliphatic heterocycles. The van der Waals surface area contributed by atoms with Gasteiger partial charge in [-0.15, -0.1) is 0 Å². The molecule has 0 amide bonds. The predicted octanol–water partition coefficient (Wildman–Crippen LogP) is 2.48. The molecule has 1 aromatic carbocycles. The van der Waals surface area contributed by atoms with Crippen LogP contribution >= 0.6 is 11.6 Å². The van der Waals surface area contributed by atoms with Crippen LogP contribution in [-0.2, 0) is 6.42 Å². The molecule has 1 N–H and O–H groups in total. The van der Waals surface area contributed by atoms with Crippen LogP contribution in [0.1, 0.15) is 18.1 Å². The zero-order valence-corrected chi connectivity index (χ0v) is 11.4. The van der Waals surface area contributed by atoms with Crippen LogP contribution in [0.4, 0.5) is 0 Å². The van der Waals surface area contributed by atoms with E-state index in [1.54, 1.807) is 0 Å². The van der Waals surface area contributed by atoms with Gasteiger partial charge < -0.3 is 5.32 Å². The maximum Gasteiger partial charge on any atom is 0.0435 e. The van der Waals surface area contributed by atoms with Crippen LogP contribution < -0.4 is 5.32 Å². The van der Waals surface area contributed by atoms with Crippen LogP contribution in [0.5, 0.6) is 0 Å².